The van der Waals surface area contributed by atoms with Gasteiger partial charge in [0.1, 0.15) is 5.82 Å². The summed E-state index contributed by atoms with van der Waals surface area (Å²) in [7, 11) is -3.40. The zero-order chi connectivity index (χ0) is 14.9. The fraction of sp³-hybridized carbons (Fsp3) is 0.600. The predicted octanol–water partition coefficient (Wildman–Crippen LogP) is 2.62. The van der Waals surface area contributed by atoms with Crippen molar-refractivity contribution in [1.82, 2.24) is 5.32 Å². The quantitative estimate of drug-likeness (QED) is 0.863. The van der Waals surface area contributed by atoms with Gasteiger partial charge in [-0.1, -0.05) is 12.8 Å². The Morgan fingerprint density at radius 1 is 1.10 bits per heavy atom. The minimum atomic E-state index is -3.40. The van der Waals surface area contributed by atoms with Gasteiger partial charge >= 0.3 is 0 Å². The van der Waals surface area contributed by atoms with Gasteiger partial charge in [0, 0.05) is 23.6 Å². The van der Waals surface area contributed by atoms with Crippen molar-refractivity contribution < 1.29 is 12.8 Å². The molecule has 1 unspecified atom stereocenters. The molecule has 1 aliphatic heterocycles. The van der Waals surface area contributed by atoms with E-state index >= 15 is 0 Å². The molecule has 1 aliphatic carbocycles. The second-order valence-electron chi connectivity index (χ2n) is 5.83. The van der Waals surface area contributed by atoms with Crippen LogP contribution in [0.4, 0.5) is 4.39 Å². The number of sulfone groups is 1. The Kier molecular flexibility index (Phi) is 4.57. The van der Waals surface area contributed by atoms with Crippen LogP contribution in [0, 0.1) is 5.82 Å². The molecule has 1 aromatic carbocycles. The Bertz CT molecular complexity index is 582. The molecule has 0 amide bonds. The second-order valence-corrected chi connectivity index (χ2v) is 9.07. The Morgan fingerprint density at radius 2 is 1.76 bits per heavy atom. The first kappa shape index (κ1) is 15.3. The number of halogens is 1. The summed E-state index contributed by atoms with van der Waals surface area (Å²) >= 11 is 1.68. The Hall–Kier alpha value is -0.590. The van der Waals surface area contributed by atoms with Crippen molar-refractivity contribution in [3.8, 4) is 0 Å². The van der Waals surface area contributed by atoms with E-state index in [1.807, 2.05) is 0 Å². The summed E-state index contributed by atoms with van der Waals surface area (Å²) in [5.74, 6) is 1.04. The minimum Gasteiger partial charge on any atom is -0.309 e. The van der Waals surface area contributed by atoms with Crippen LogP contribution in [0.25, 0.3) is 0 Å². The molecule has 116 valence electrons. The molecule has 1 aromatic rings. The third kappa shape index (κ3) is 3.27. The molecule has 0 bridgehead atoms. The topological polar surface area (TPSA) is 46.2 Å². The van der Waals surface area contributed by atoms with Crippen molar-refractivity contribution in [1.29, 1.82) is 0 Å². The summed E-state index contributed by atoms with van der Waals surface area (Å²) in [6, 6.07) is 5.65. The van der Waals surface area contributed by atoms with Crippen molar-refractivity contribution in [2.45, 2.75) is 47.9 Å². The highest BCUT2D eigenvalue weighted by molar-refractivity contribution is 8.01. The van der Waals surface area contributed by atoms with Gasteiger partial charge in [-0.15, -0.1) is 0 Å². The van der Waals surface area contributed by atoms with E-state index in [1.54, 1.807) is 11.8 Å². The average molecular weight is 329 g/mol. The summed E-state index contributed by atoms with van der Waals surface area (Å²) in [5.41, 5.74) is 0. The van der Waals surface area contributed by atoms with Gasteiger partial charge < -0.3 is 5.32 Å². The monoisotopic (exact) mass is 329 g/mol. The van der Waals surface area contributed by atoms with E-state index in [9.17, 15) is 12.8 Å². The first-order valence-corrected chi connectivity index (χ1v) is 10.1. The summed E-state index contributed by atoms with van der Waals surface area (Å²) < 4.78 is 38.5. The van der Waals surface area contributed by atoms with Crippen LogP contribution >= 0.6 is 11.8 Å². The third-order valence-corrected chi connectivity index (χ3v) is 8.00. The van der Waals surface area contributed by atoms with Crippen LogP contribution < -0.4 is 5.32 Å². The number of hydrogen-bond donors (Lipinski definition) is 1. The SMILES string of the molecule is O=S(=O)(c1ccc(F)cc1)[C@H]1CSCC1NC1CCCC1. The van der Waals surface area contributed by atoms with Crippen LogP contribution in [0.1, 0.15) is 25.7 Å². The van der Waals surface area contributed by atoms with E-state index in [-0.39, 0.29) is 10.9 Å². The summed E-state index contributed by atoms with van der Waals surface area (Å²) in [6.45, 7) is 0. The van der Waals surface area contributed by atoms with Gasteiger partial charge in [-0.25, -0.2) is 12.8 Å². The fourth-order valence-electron chi connectivity index (χ4n) is 3.19. The Labute approximate surface area is 129 Å². The van der Waals surface area contributed by atoms with Crippen LogP contribution in [0.15, 0.2) is 29.2 Å². The molecule has 1 heterocycles. The summed E-state index contributed by atoms with van der Waals surface area (Å²) in [4.78, 5) is 0.231. The summed E-state index contributed by atoms with van der Waals surface area (Å²) in [5, 5.41) is 3.13. The van der Waals surface area contributed by atoms with Gasteiger partial charge in [-0.3, -0.25) is 0 Å². The number of benzene rings is 1. The molecule has 2 atom stereocenters. The summed E-state index contributed by atoms with van der Waals surface area (Å²) in [6.07, 6.45) is 4.74. The maximum atomic E-state index is 13.0. The van der Waals surface area contributed by atoms with Crippen LogP contribution in [-0.2, 0) is 9.84 Å². The molecule has 0 radical (unpaired) electrons. The molecule has 0 spiro atoms. The van der Waals surface area contributed by atoms with Crippen LogP contribution in [0.3, 0.4) is 0 Å². The van der Waals surface area contributed by atoms with Crippen molar-refractivity contribution in [3.05, 3.63) is 30.1 Å². The number of rotatable bonds is 4. The molecule has 1 saturated carbocycles. The van der Waals surface area contributed by atoms with E-state index in [4.69, 9.17) is 0 Å². The Morgan fingerprint density at radius 3 is 2.43 bits per heavy atom. The molecule has 6 heteroatoms. The van der Waals surface area contributed by atoms with E-state index < -0.39 is 20.9 Å². The lowest BCUT2D eigenvalue weighted by Gasteiger charge is -2.24. The molecular weight excluding hydrogens is 309 g/mol. The predicted molar refractivity (Wildman–Crippen MR) is 83.9 cm³/mol. The first-order valence-electron chi connectivity index (χ1n) is 7.40. The molecule has 2 fully saturated rings. The number of hydrogen-bond acceptors (Lipinski definition) is 4. The maximum absolute atomic E-state index is 13.0. The molecule has 3 rings (SSSR count). The third-order valence-electron chi connectivity index (χ3n) is 4.37. The normalized spacial score (nSPS) is 27.3. The minimum absolute atomic E-state index is 0.00755. The van der Waals surface area contributed by atoms with Crippen molar-refractivity contribution in [2.75, 3.05) is 11.5 Å². The van der Waals surface area contributed by atoms with Crippen LogP contribution in [0.5, 0.6) is 0 Å². The van der Waals surface area contributed by atoms with Crippen LogP contribution in [0.2, 0.25) is 0 Å². The highest BCUT2D eigenvalue weighted by atomic mass is 32.2. The van der Waals surface area contributed by atoms with E-state index in [1.165, 1.54) is 37.1 Å². The lowest BCUT2D eigenvalue weighted by molar-refractivity contribution is 0.450. The van der Waals surface area contributed by atoms with Gasteiger partial charge in [0.25, 0.3) is 0 Å². The van der Waals surface area contributed by atoms with Gasteiger partial charge in [-0.05, 0) is 37.1 Å². The number of thioether (sulfide) groups is 1. The van der Waals surface area contributed by atoms with Gasteiger partial charge in [0.05, 0.1) is 10.1 Å². The fourth-order valence-corrected chi connectivity index (χ4v) is 6.97. The van der Waals surface area contributed by atoms with Gasteiger partial charge in [0.15, 0.2) is 9.84 Å². The van der Waals surface area contributed by atoms with Gasteiger partial charge in [0.2, 0.25) is 0 Å². The molecule has 0 aromatic heterocycles. The Balaban J connectivity index is 1.78. The molecule has 1 saturated heterocycles. The maximum Gasteiger partial charge on any atom is 0.183 e. The molecular formula is C15H20FNO2S2. The zero-order valence-corrected chi connectivity index (χ0v) is 13.4. The van der Waals surface area contributed by atoms with Crippen molar-refractivity contribution in [2.24, 2.45) is 0 Å². The van der Waals surface area contributed by atoms with E-state index in [0.29, 0.717) is 11.8 Å². The molecule has 21 heavy (non-hydrogen) atoms. The molecule has 2 aliphatic rings. The standard InChI is InChI=1S/C15H20FNO2S2/c16-11-5-7-13(8-6-11)21(18,19)15-10-20-9-14(15)17-12-3-1-2-4-12/h5-8,12,14-15,17H,1-4,9-10H2/t14?,15-/m0/s1. The smallest absolute Gasteiger partial charge is 0.183 e. The number of nitrogens with one attached hydrogen (secondary N) is 1. The first-order chi connectivity index (χ1) is 10.1. The van der Waals surface area contributed by atoms with Crippen molar-refractivity contribution >= 4 is 21.6 Å². The second kappa shape index (κ2) is 6.26. The largest absolute Gasteiger partial charge is 0.309 e. The molecule has 1 N–H and O–H groups in total. The molecule has 3 nitrogen and oxygen atoms in total. The lowest BCUT2D eigenvalue weighted by atomic mass is 10.2. The zero-order valence-electron chi connectivity index (χ0n) is 11.8. The lowest BCUT2D eigenvalue weighted by Crippen LogP contribution is -2.47. The van der Waals surface area contributed by atoms with Crippen LogP contribution in [-0.4, -0.2) is 37.3 Å². The van der Waals surface area contributed by atoms with Crippen molar-refractivity contribution in [3.63, 3.8) is 0 Å². The van der Waals surface area contributed by atoms with E-state index in [2.05, 4.69) is 5.32 Å². The van der Waals surface area contributed by atoms with E-state index in [0.717, 1.165) is 18.6 Å². The highest BCUT2D eigenvalue weighted by Gasteiger charge is 2.39. The average Bonchev–Trinajstić information content (AvgIpc) is 3.11. The van der Waals surface area contributed by atoms with Gasteiger partial charge in [-0.2, -0.15) is 11.8 Å². The highest BCUT2D eigenvalue weighted by Crippen LogP contribution is 2.30.